The fourth-order valence-corrected chi connectivity index (χ4v) is 6.50. The van der Waals surface area contributed by atoms with E-state index in [2.05, 4.69) is 25.1 Å². The molecule has 50 heavy (non-hydrogen) atoms. The van der Waals surface area contributed by atoms with Crippen LogP contribution >= 0.6 is 23.3 Å². The first-order valence-corrected chi connectivity index (χ1v) is 16.5. The smallest absolute Gasteiger partial charge is 0.352 e. The first-order chi connectivity index (χ1) is 23.5. The summed E-state index contributed by atoms with van der Waals surface area (Å²) in [4.78, 5) is 87.1. The molecular formula is C26H36N13O9S2+. The molecule has 0 unspecified atom stereocenters. The standard InChI is InChI=1S/C26H35N13O9S2/c1-26(2,24(46)47)48-34-13(17-33-25(30)50-35-17)18(40)32-14-20(42)39-15(23(44)45)11(10-49-22(14)39)8-38-9-12(16(29)36(38)3)31-19(41)21(43)37(6-4-27)7-5-28/h9,14,22,29H,4-8,10,27-28H2,1-3H3,(H6,30,31,32,33,35,40,41,44,45,46,47)/p+1/b34-13-/t14-,22-/m1/s1. The molecule has 2 aliphatic rings. The lowest BCUT2D eigenvalue weighted by Crippen LogP contribution is -2.71. The molecule has 4 amide bonds. The van der Waals surface area contributed by atoms with Crippen LogP contribution in [-0.4, -0.2) is 124 Å². The summed E-state index contributed by atoms with van der Waals surface area (Å²) in [5.41, 5.74) is 20.6. The van der Waals surface area contributed by atoms with Crippen LogP contribution in [0.15, 0.2) is 22.6 Å². The van der Waals surface area contributed by atoms with Crippen molar-refractivity contribution in [1.29, 1.82) is 0 Å². The predicted molar refractivity (Wildman–Crippen MR) is 177 cm³/mol. The van der Waals surface area contributed by atoms with E-state index in [1.165, 1.54) is 46.1 Å². The predicted octanol–water partition coefficient (Wildman–Crippen LogP) is -3.96. The molecule has 0 radical (unpaired) electrons. The molecule has 0 bridgehead atoms. The number of nitrogens with one attached hydrogen (secondary N) is 2. The molecule has 0 saturated carbocycles. The van der Waals surface area contributed by atoms with Gasteiger partial charge < -0.3 is 53.5 Å². The summed E-state index contributed by atoms with van der Waals surface area (Å²) >= 11 is 1.91. The SMILES string of the molecule is Cn1c(N)c(NC(=O)C(=O)N(CCN)CCN)c[n+]1CC1=C(C(=O)O)N2C(=O)[C@@H](NC(=O)/C(=N\OC(C)(C)C(=O)O)c3nsc(N)n3)[C@H]2SC1. The number of nitrogens with zero attached hydrogens (tertiary/aromatic N) is 7. The zero-order valence-corrected chi connectivity index (χ0v) is 28.6. The Balaban J connectivity index is 1.53. The van der Waals surface area contributed by atoms with Gasteiger partial charge in [0, 0.05) is 49.0 Å². The lowest BCUT2D eigenvalue weighted by molar-refractivity contribution is -0.765. The topological polar surface area (TPSA) is 334 Å². The Morgan fingerprint density at radius 1 is 1.16 bits per heavy atom. The zero-order valence-electron chi connectivity index (χ0n) is 27.0. The molecule has 1 fully saturated rings. The minimum atomic E-state index is -1.84. The maximum absolute atomic E-state index is 13.3. The fraction of sp³-hybridized carbons (Fsp3) is 0.462. The number of carboxylic acids is 2. The van der Waals surface area contributed by atoms with Crippen molar-refractivity contribution in [3.63, 3.8) is 0 Å². The molecular weight excluding hydrogens is 703 g/mol. The Morgan fingerprint density at radius 3 is 2.38 bits per heavy atom. The quantitative estimate of drug-likeness (QED) is 0.0301. The number of fused-ring (bicyclic) bond motifs is 1. The second-order valence-corrected chi connectivity index (χ2v) is 13.2. The summed E-state index contributed by atoms with van der Waals surface area (Å²) in [6.07, 6.45) is 1.41. The molecule has 2 atom stereocenters. The average molecular weight is 739 g/mol. The van der Waals surface area contributed by atoms with Gasteiger partial charge in [-0.15, -0.1) is 21.1 Å². The average Bonchev–Trinajstić information content (AvgIpc) is 3.60. The van der Waals surface area contributed by atoms with Gasteiger partial charge in [-0.1, -0.05) is 5.16 Å². The lowest BCUT2D eigenvalue weighted by Gasteiger charge is -2.49. The number of carbonyl (C=O) groups excluding carboxylic acids is 4. The summed E-state index contributed by atoms with van der Waals surface area (Å²) in [6, 6.07) is -1.20. The highest BCUT2D eigenvalue weighted by molar-refractivity contribution is 8.00. The number of β-lactam (4-membered cyclic amide) rings is 1. The first kappa shape index (κ1) is 37.5. The van der Waals surface area contributed by atoms with E-state index in [1.54, 1.807) is 7.05 Å². The highest BCUT2D eigenvalue weighted by Gasteiger charge is 2.55. The number of aliphatic carboxylic acids is 2. The number of amides is 4. The Bertz CT molecular complexity index is 1780. The van der Waals surface area contributed by atoms with E-state index in [0.717, 1.165) is 16.4 Å². The van der Waals surface area contributed by atoms with E-state index in [1.807, 2.05) is 0 Å². The molecule has 4 rings (SSSR count). The summed E-state index contributed by atoms with van der Waals surface area (Å²) in [5, 5.41) is 27.2. The van der Waals surface area contributed by atoms with Gasteiger partial charge in [0.15, 0.2) is 23.2 Å². The van der Waals surface area contributed by atoms with Gasteiger partial charge >= 0.3 is 23.8 Å². The Morgan fingerprint density at radius 2 is 1.82 bits per heavy atom. The molecule has 2 aromatic rings. The Kier molecular flexibility index (Phi) is 11.3. The molecule has 2 aromatic heterocycles. The number of nitrogen functional groups attached to an aromatic ring is 2. The number of thioether (sulfide) groups is 1. The number of nitrogens with two attached hydrogens (primary N) is 4. The van der Waals surface area contributed by atoms with Crippen molar-refractivity contribution in [2.45, 2.75) is 37.4 Å². The molecule has 0 aromatic carbocycles. The van der Waals surface area contributed by atoms with Gasteiger partial charge in [0.1, 0.15) is 17.1 Å². The number of carboxylic acid groups (broad SMARTS) is 2. The monoisotopic (exact) mass is 738 g/mol. The van der Waals surface area contributed by atoms with Gasteiger partial charge in [-0.3, -0.25) is 24.1 Å². The minimum Gasteiger partial charge on any atom is -0.478 e. The third-order valence-electron chi connectivity index (χ3n) is 7.45. The first-order valence-electron chi connectivity index (χ1n) is 14.7. The summed E-state index contributed by atoms with van der Waals surface area (Å²) < 4.78 is 6.83. The number of aromatic nitrogens is 4. The van der Waals surface area contributed by atoms with Crippen LogP contribution in [0, 0.1) is 0 Å². The van der Waals surface area contributed by atoms with Gasteiger partial charge in [0.25, 0.3) is 11.8 Å². The van der Waals surface area contributed by atoms with E-state index in [4.69, 9.17) is 27.8 Å². The van der Waals surface area contributed by atoms with Crippen molar-refractivity contribution >= 4 is 81.2 Å². The third-order valence-corrected chi connectivity index (χ3v) is 9.34. The molecule has 270 valence electrons. The maximum Gasteiger partial charge on any atom is 0.352 e. The van der Waals surface area contributed by atoms with Crippen LogP contribution in [-0.2, 0) is 47.2 Å². The lowest BCUT2D eigenvalue weighted by atomic mass is 10.0. The maximum atomic E-state index is 13.3. The van der Waals surface area contributed by atoms with Gasteiger partial charge in [0.05, 0.1) is 7.05 Å². The van der Waals surface area contributed by atoms with Crippen molar-refractivity contribution in [3.8, 4) is 0 Å². The molecule has 4 heterocycles. The number of hydrogen-bond donors (Lipinski definition) is 8. The minimum absolute atomic E-state index is 0.0204. The van der Waals surface area contributed by atoms with Crippen LogP contribution in [0.1, 0.15) is 19.7 Å². The highest BCUT2D eigenvalue weighted by atomic mass is 32.2. The van der Waals surface area contributed by atoms with Crippen molar-refractivity contribution < 1.29 is 48.5 Å². The van der Waals surface area contributed by atoms with Gasteiger partial charge in [-0.05, 0) is 13.8 Å². The molecule has 2 aliphatic heterocycles. The Labute approximate surface area is 291 Å². The van der Waals surface area contributed by atoms with Crippen LogP contribution in [0.3, 0.4) is 0 Å². The normalized spacial score (nSPS) is 17.5. The van der Waals surface area contributed by atoms with Gasteiger partial charge in [-0.2, -0.15) is 9.36 Å². The van der Waals surface area contributed by atoms with Crippen LogP contribution in [0.4, 0.5) is 16.6 Å². The fourth-order valence-electron chi connectivity index (χ4n) is 4.73. The number of anilines is 3. The van der Waals surface area contributed by atoms with E-state index in [-0.39, 0.29) is 66.6 Å². The Hall–Kier alpha value is -5.33. The van der Waals surface area contributed by atoms with Crippen molar-refractivity contribution in [3.05, 3.63) is 23.3 Å². The molecule has 1 saturated heterocycles. The van der Waals surface area contributed by atoms with Gasteiger partial charge in [-0.25, -0.2) is 9.59 Å². The number of carbonyl (C=O) groups is 6. The summed E-state index contributed by atoms with van der Waals surface area (Å²) in [5.74, 6) is -6.47. The number of hydrogen-bond acceptors (Lipinski definition) is 16. The van der Waals surface area contributed by atoms with Crippen LogP contribution in [0.25, 0.3) is 0 Å². The van der Waals surface area contributed by atoms with E-state index in [9.17, 15) is 39.0 Å². The number of rotatable bonds is 14. The molecule has 12 N–H and O–H groups in total. The molecule has 22 nitrogen and oxygen atoms in total. The van der Waals surface area contributed by atoms with Gasteiger partial charge in [0.2, 0.25) is 23.3 Å². The van der Waals surface area contributed by atoms with Crippen LogP contribution in [0.2, 0.25) is 0 Å². The van der Waals surface area contributed by atoms with E-state index >= 15 is 0 Å². The van der Waals surface area contributed by atoms with E-state index in [0.29, 0.717) is 5.57 Å². The van der Waals surface area contributed by atoms with Crippen molar-refractivity contribution in [2.24, 2.45) is 23.7 Å². The molecule has 0 spiro atoms. The number of oxime groups is 1. The largest absolute Gasteiger partial charge is 0.478 e. The van der Waals surface area contributed by atoms with Crippen molar-refractivity contribution in [1.82, 2.24) is 29.2 Å². The summed E-state index contributed by atoms with van der Waals surface area (Å²) in [6.45, 7) is 2.79. The third kappa shape index (κ3) is 7.61. The molecule has 24 heteroatoms. The second-order valence-electron chi connectivity index (χ2n) is 11.3. The zero-order chi connectivity index (χ0) is 37.1. The van der Waals surface area contributed by atoms with Crippen molar-refractivity contribution in [2.75, 3.05) is 48.7 Å². The van der Waals surface area contributed by atoms with Crippen LogP contribution in [0.5, 0.6) is 0 Å². The second kappa shape index (κ2) is 15.1. The molecule has 0 aliphatic carbocycles. The summed E-state index contributed by atoms with van der Waals surface area (Å²) in [7, 11) is 1.55. The van der Waals surface area contributed by atoms with Crippen LogP contribution < -0.4 is 38.3 Å². The highest BCUT2D eigenvalue weighted by Crippen LogP contribution is 2.40. The van der Waals surface area contributed by atoms with E-state index < -0.39 is 58.3 Å².